The van der Waals surface area contributed by atoms with Crippen molar-refractivity contribution in [3.63, 3.8) is 0 Å². The molecule has 1 aromatic carbocycles. The fraction of sp³-hybridized carbons (Fsp3) is 0.417. The molecule has 1 atom stereocenters. The number of rotatable bonds is 5. The van der Waals surface area contributed by atoms with Crippen molar-refractivity contribution < 1.29 is 14.3 Å². The summed E-state index contributed by atoms with van der Waals surface area (Å²) in [6.07, 6.45) is 1.82. The molecule has 0 spiro atoms. The molecule has 1 aromatic rings. The van der Waals surface area contributed by atoms with Gasteiger partial charge >= 0.3 is 0 Å². The Kier molecular flexibility index (Phi) is 4.16. The summed E-state index contributed by atoms with van der Waals surface area (Å²) in [5, 5.41) is 0. The fourth-order valence-electron chi connectivity index (χ4n) is 1.16. The van der Waals surface area contributed by atoms with Crippen molar-refractivity contribution in [1.29, 1.82) is 0 Å². The van der Waals surface area contributed by atoms with Crippen LogP contribution in [0.25, 0.3) is 0 Å². The summed E-state index contributed by atoms with van der Waals surface area (Å²) in [4.78, 5) is 10.6. The first-order valence-corrected chi connectivity index (χ1v) is 5.01. The molecule has 0 N–H and O–H groups in total. The minimum Gasteiger partial charge on any atom is -0.493 e. The van der Waals surface area contributed by atoms with Gasteiger partial charge in [0.15, 0.2) is 11.5 Å². The first kappa shape index (κ1) is 11.6. The van der Waals surface area contributed by atoms with Gasteiger partial charge in [-0.05, 0) is 31.5 Å². The molecule has 82 valence electrons. The van der Waals surface area contributed by atoms with E-state index < -0.39 is 0 Å². The molecular formula is C12H16O3. The van der Waals surface area contributed by atoms with Gasteiger partial charge in [0, 0.05) is 5.56 Å². The lowest BCUT2D eigenvalue weighted by Crippen LogP contribution is -2.10. The van der Waals surface area contributed by atoms with E-state index in [0.717, 1.165) is 12.7 Å². The first-order chi connectivity index (χ1) is 7.21. The predicted molar refractivity (Wildman–Crippen MR) is 58.8 cm³/mol. The molecule has 0 aromatic heterocycles. The smallest absolute Gasteiger partial charge is 0.162 e. The highest BCUT2D eigenvalue weighted by atomic mass is 16.5. The summed E-state index contributed by atoms with van der Waals surface area (Å²) in [6, 6.07) is 5.13. The molecule has 3 nitrogen and oxygen atoms in total. The molecule has 0 aliphatic heterocycles. The molecule has 0 bridgehead atoms. The molecule has 0 saturated heterocycles. The lowest BCUT2D eigenvalue weighted by molar-refractivity contribution is 0.112. The summed E-state index contributed by atoms with van der Waals surface area (Å²) in [6.45, 7) is 4.02. The number of ether oxygens (including phenoxy) is 2. The maximum atomic E-state index is 10.6. The summed E-state index contributed by atoms with van der Waals surface area (Å²) in [5.74, 6) is 1.28. The minimum absolute atomic E-state index is 0.112. The average molecular weight is 208 g/mol. The van der Waals surface area contributed by atoms with Gasteiger partial charge < -0.3 is 9.47 Å². The maximum Gasteiger partial charge on any atom is 0.162 e. The van der Waals surface area contributed by atoms with E-state index in [4.69, 9.17) is 9.47 Å². The summed E-state index contributed by atoms with van der Waals surface area (Å²) in [7, 11) is 1.58. The van der Waals surface area contributed by atoms with Gasteiger partial charge in [-0.3, -0.25) is 4.79 Å². The molecule has 0 saturated carbocycles. The van der Waals surface area contributed by atoms with Gasteiger partial charge in [-0.2, -0.15) is 0 Å². The molecule has 0 amide bonds. The number of hydrogen-bond donors (Lipinski definition) is 0. The van der Waals surface area contributed by atoms with Crippen LogP contribution in [0.5, 0.6) is 11.5 Å². The molecule has 3 heteroatoms. The Hall–Kier alpha value is -1.51. The van der Waals surface area contributed by atoms with Gasteiger partial charge in [-0.1, -0.05) is 6.92 Å². The summed E-state index contributed by atoms with van der Waals surface area (Å²) >= 11 is 0. The van der Waals surface area contributed by atoms with Gasteiger partial charge in [0.25, 0.3) is 0 Å². The van der Waals surface area contributed by atoms with Crippen molar-refractivity contribution in [2.24, 2.45) is 0 Å². The van der Waals surface area contributed by atoms with Gasteiger partial charge in [-0.15, -0.1) is 0 Å². The number of methoxy groups -OCH3 is 1. The molecule has 15 heavy (non-hydrogen) atoms. The van der Waals surface area contributed by atoms with E-state index in [-0.39, 0.29) is 6.10 Å². The third kappa shape index (κ3) is 2.98. The fourth-order valence-corrected chi connectivity index (χ4v) is 1.16. The molecule has 0 unspecified atom stereocenters. The molecule has 0 heterocycles. The van der Waals surface area contributed by atoms with Crippen LogP contribution in [-0.2, 0) is 0 Å². The van der Waals surface area contributed by atoms with Gasteiger partial charge in [0.05, 0.1) is 13.2 Å². The highest BCUT2D eigenvalue weighted by molar-refractivity contribution is 5.76. The van der Waals surface area contributed by atoms with Crippen molar-refractivity contribution in [2.45, 2.75) is 26.4 Å². The second kappa shape index (κ2) is 5.39. The molecule has 1 rings (SSSR count). The zero-order valence-electron chi connectivity index (χ0n) is 9.32. The summed E-state index contributed by atoms with van der Waals surface area (Å²) < 4.78 is 10.8. The van der Waals surface area contributed by atoms with Crippen LogP contribution in [0.2, 0.25) is 0 Å². The zero-order chi connectivity index (χ0) is 11.3. The third-order valence-corrected chi connectivity index (χ3v) is 2.23. The van der Waals surface area contributed by atoms with Gasteiger partial charge in [-0.25, -0.2) is 0 Å². The monoisotopic (exact) mass is 208 g/mol. The Morgan fingerprint density at radius 1 is 1.40 bits per heavy atom. The van der Waals surface area contributed by atoms with E-state index >= 15 is 0 Å². The van der Waals surface area contributed by atoms with Crippen molar-refractivity contribution in [2.75, 3.05) is 7.11 Å². The van der Waals surface area contributed by atoms with Gasteiger partial charge in [0.1, 0.15) is 6.29 Å². The van der Waals surface area contributed by atoms with E-state index in [2.05, 4.69) is 0 Å². The van der Waals surface area contributed by atoms with Crippen LogP contribution < -0.4 is 9.47 Å². The van der Waals surface area contributed by atoms with E-state index in [1.807, 2.05) is 13.8 Å². The van der Waals surface area contributed by atoms with Crippen molar-refractivity contribution in [3.05, 3.63) is 23.8 Å². The van der Waals surface area contributed by atoms with Crippen LogP contribution in [0.3, 0.4) is 0 Å². The highest BCUT2D eigenvalue weighted by Gasteiger charge is 2.08. The van der Waals surface area contributed by atoms with Crippen LogP contribution in [-0.4, -0.2) is 19.5 Å². The second-order valence-corrected chi connectivity index (χ2v) is 3.36. The standard InChI is InChI=1S/C12H16O3/c1-4-9(2)15-12-7-10(8-13)5-6-11(12)14-3/h5-9H,4H2,1-3H3/t9-/m1/s1. The molecule has 0 fully saturated rings. The topological polar surface area (TPSA) is 35.5 Å². The van der Waals surface area contributed by atoms with Crippen molar-refractivity contribution >= 4 is 6.29 Å². The normalized spacial score (nSPS) is 11.9. The summed E-state index contributed by atoms with van der Waals surface area (Å²) in [5.41, 5.74) is 0.592. The number of carbonyl (C=O) groups is 1. The van der Waals surface area contributed by atoms with E-state index in [9.17, 15) is 4.79 Å². The van der Waals surface area contributed by atoms with E-state index in [1.54, 1.807) is 25.3 Å². The zero-order valence-corrected chi connectivity index (χ0v) is 9.32. The first-order valence-electron chi connectivity index (χ1n) is 5.01. The van der Waals surface area contributed by atoms with Crippen LogP contribution >= 0.6 is 0 Å². The Balaban J connectivity index is 2.95. The van der Waals surface area contributed by atoms with Crippen LogP contribution in [0.15, 0.2) is 18.2 Å². The van der Waals surface area contributed by atoms with Crippen molar-refractivity contribution in [1.82, 2.24) is 0 Å². The number of aldehydes is 1. The lowest BCUT2D eigenvalue weighted by Gasteiger charge is -2.15. The lowest BCUT2D eigenvalue weighted by atomic mass is 10.2. The third-order valence-electron chi connectivity index (χ3n) is 2.23. The van der Waals surface area contributed by atoms with Crippen LogP contribution in [0.1, 0.15) is 30.6 Å². The number of benzene rings is 1. The Morgan fingerprint density at radius 2 is 2.13 bits per heavy atom. The Bertz CT molecular complexity index is 334. The van der Waals surface area contributed by atoms with Crippen LogP contribution in [0.4, 0.5) is 0 Å². The van der Waals surface area contributed by atoms with Crippen molar-refractivity contribution in [3.8, 4) is 11.5 Å². The predicted octanol–water partition coefficient (Wildman–Crippen LogP) is 2.69. The SMILES string of the molecule is CC[C@@H](C)Oc1cc(C=O)ccc1OC. The Labute approximate surface area is 90.0 Å². The van der Waals surface area contributed by atoms with E-state index in [1.165, 1.54) is 0 Å². The molecular weight excluding hydrogens is 192 g/mol. The Morgan fingerprint density at radius 3 is 2.67 bits per heavy atom. The number of carbonyl (C=O) groups excluding carboxylic acids is 1. The molecule has 0 aliphatic carbocycles. The van der Waals surface area contributed by atoms with E-state index in [0.29, 0.717) is 17.1 Å². The quantitative estimate of drug-likeness (QED) is 0.698. The van der Waals surface area contributed by atoms with Gasteiger partial charge in [0.2, 0.25) is 0 Å². The van der Waals surface area contributed by atoms with Crippen LogP contribution in [0, 0.1) is 0 Å². The largest absolute Gasteiger partial charge is 0.493 e. The average Bonchev–Trinajstić information content (AvgIpc) is 2.28. The number of hydrogen-bond acceptors (Lipinski definition) is 3. The highest BCUT2D eigenvalue weighted by Crippen LogP contribution is 2.28. The molecule has 0 aliphatic rings. The molecule has 0 radical (unpaired) electrons. The minimum atomic E-state index is 0.112. The second-order valence-electron chi connectivity index (χ2n) is 3.36. The maximum absolute atomic E-state index is 10.6.